The first-order valence-corrected chi connectivity index (χ1v) is 11.7. The number of alkyl halides is 3. The fourth-order valence-corrected chi connectivity index (χ4v) is 4.58. The fourth-order valence-electron chi connectivity index (χ4n) is 4.58. The first-order valence-electron chi connectivity index (χ1n) is 11.7. The molecule has 196 valence electrons. The third-order valence-electron chi connectivity index (χ3n) is 5.99. The number of likely N-dealkylation sites (tertiary alicyclic amines) is 1. The third kappa shape index (κ3) is 7.60. The lowest BCUT2D eigenvalue weighted by Crippen LogP contribution is -2.58. The van der Waals surface area contributed by atoms with Gasteiger partial charge in [-0.05, 0) is 64.7 Å². The quantitative estimate of drug-likeness (QED) is 0.467. The number of ether oxygens (including phenoxy) is 2. The second kappa shape index (κ2) is 11.3. The first-order chi connectivity index (χ1) is 16.2. The predicted molar refractivity (Wildman–Crippen MR) is 124 cm³/mol. The molecule has 0 saturated carbocycles. The smallest absolute Gasteiger partial charge is 0.416 e. The molecule has 1 aromatic rings. The molecule has 1 aliphatic heterocycles. The Morgan fingerprint density at radius 3 is 2.29 bits per heavy atom. The maximum atomic E-state index is 13.3. The molecule has 1 aromatic carbocycles. The van der Waals surface area contributed by atoms with E-state index >= 15 is 0 Å². The minimum atomic E-state index is -4.52. The average Bonchev–Trinajstić information content (AvgIpc) is 2.74. The summed E-state index contributed by atoms with van der Waals surface area (Å²) >= 11 is 0. The predicted octanol–water partition coefficient (Wildman–Crippen LogP) is 5.72. The molecule has 10 heteroatoms. The van der Waals surface area contributed by atoms with Gasteiger partial charge in [-0.25, -0.2) is 9.59 Å². The van der Waals surface area contributed by atoms with Crippen LogP contribution in [0.15, 0.2) is 18.2 Å². The Labute approximate surface area is 204 Å². The Bertz CT molecular complexity index is 913. The van der Waals surface area contributed by atoms with Gasteiger partial charge in [-0.2, -0.15) is 13.2 Å². The number of piperidine rings is 1. The average molecular weight is 501 g/mol. The first kappa shape index (κ1) is 28.5. The molecule has 2 rings (SSSR count). The van der Waals surface area contributed by atoms with Crippen molar-refractivity contribution in [3.05, 3.63) is 34.9 Å². The van der Waals surface area contributed by atoms with E-state index in [9.17, 15) is 27.6 Å². The molecular weight excluding hydrogens is 465 g/mol. The molecule has 2 amide bonds. The maximum absolute atomic E-state index is 13.3. The molecular formula is C25H35F3N2O5. The largest absolute Gasteiger partial charge is 0.453 e. The lowest BCUT2D eigenvalue weighted by Gasteiger charge is -2.47. The van der Waals surface area contributed by atoms with E-state index in [2.05, 4.69) is 0 Å². The van der Waals surface area contributed by atoms with Crippen molar-refractivity contribution in [3.63, 3.8) is 0 Å². The van der Waals surface area contributed by atoms with Gasteiger partial charge in [0, 0.05) is 31.1 Å². The molecule has 7 nitrogen and oxygen atoms in total. The highest BCUT2D eigenvalue weighted by molar-refractivity contribution is 5.71. The van der Waals surface area contributed by atoms with Crippen molar-refractivity contribution in [2.75, 3.05) is 7.11 Å². The molecule has 1 heterocycles. The van der Waals surface area contributed by atoms with Gasteiger partial charge in [-0.15, -0.1) is 0 Å². The van der Waals surface area contributed by atoms with Gasteiger partial charge < -0.3 is 24.1 Å². The van der Waals surface area contributed by atoms with Crippen LogP contribution in [-0.4, -0.2) is 59.1 Å². The number of aldehydes is 1. The molecule has 0 spiro atoms. The Hall–Kier alpha value is -2.78. The number of halogens is 3. The van der Waals surface area contributed by atoms with E-state index < -0.39 is 41.6 Å². The maximum Gasteiger partial charge on any atom is 0.416 e. The number of aryl methyl sites for hydroxylation is 1. The monoisotopic (exact) mass is 500 g/mol. The molecule has 1 saturated heterocycles. The van der Waals surface area contributed by atoms with Crippen LogP contribution in [0.2, 0.25) is 0 Å². The minimum absolute atomic E-state index is 0.0456. The van der Waals surface area contributed by atoms with Gasteiger partial charge >= 0.3 is 18.4 Å². The minimum Gasteiger partial charge on any atom is -0.453 e. The van der Waals surface area contributed by atoms with Gasteiger partial charge in [0.2, 0.25) is 0 Å². The van der Waals surface area contributed by atoms with Crippen LogP contribution < -0.4 is 0 Å². The van der Waals surface area contributed by atoms with Gasteiger partial charge in [0.05, 0.1) is 12.7 Å². The Kier molecular flexibility index (Phi) is 9.19. The third-order valence-corrected chi connectivity index (χ3v) is 5.99. The van der Waals surface area contributed by atoms with Gasteiger partial charge in [0.15, 0.2) is 0 Å². The molecule has 0 aromatic heterocycles. The van der Waals surface area contributed by atoms with Gasteiger partial charge in [0.1, 0.15) is 11.9 Å². The number of rotatable bonds is 6. The standard InChI is InChI=1S/C25H35F3N2O5/c1-7-19-13-21(14-20(8-9-31)30(19)23(33)35-24(3,4)5)29(22(32)34-6)15-17-10-16(2)11-18(12-17)25(26,27)28/h9-12,19-21H,7-8,13-15H2,1-6H3/t19-,20+,21+/m1/s1. The SMILES string of the molecule is CC[C@@H]1C[C@H](N(Cc2cc(C)cc(C(F)(F)F)c2)C(=O)OC)C[C@H](CC=O)N1C(=O)OC(C)(C)C. The molecule has 0 N–H and O–H groups in total. The summed E-state index contributed by atoms with van der Waals surface area (Å²) in [4.78, 5) is 40.1. The molecule has 1 fully saturated rings. The summed E-state index contributed by atoms with van der Waals surface area (Å²) in [6, 6.07) is 2.37. The molecule has 0 radical (unpaired) electrons. The van der Waals surface area contributed by atoms with Crippen molar-refractivity contribution in [2.24, 2.45) is 0 Å². The number of carbonyl (C=O) groups is 3. The summed E-state index contributed by atoms with van der Waals surface area (Å²) in [5, 5.41) is 0. The van der Waals surface area contributed by atoms with Crippen LogP contribution in [0.1, 0.15) is 70.1 Å². The number of amides is 2. The highest BCUT2D eigenvalue weighted by atomic mass is 19.4. The van der Waals surface area contributed by atoms with E-state index in [1.54, 1.807) is 38.7 Å². The molecule has 35 heavy (non-hydrogen) atoms. The number of methoxy groups -OCH3 is 1. The van der Waals surface area contributed by atoms with Crippen molar-refractivity contribution >= 4 is 18.5 Å². The zero-order valence-corrected chi connectivity index (χ0v) is 21.1. The van der Waals surface area contributed by atoms with Crippen molar-refractivity contribution in [2.45, 2.75) is 96.7 Å². The lowest BCUT2D eigenvalue weighted by atomic mass is 9.87. The van der Waals surface area contributed by atoms with E-state index in [1.807, 2.05) is 6.92 Å². The fraction of sp³-hybridized carbons (Fsp3) is 0.640. The van der Waals surface area contributed by atoms with Crippen LogP contribution >= 0.6 is 0 Å². The summed E-state index contributed by atoms with van der Waals surface area (Å²) in [7, 11) is 1.21. The number of hydrogen-bond donors (Lipinski definition) is 0. The second-order valence-electron chi connectivity index (χ2n) is 9.93. The highest BCUT2D eigenvalue weighted by Crippen LogP contribution is 2.34. The zero-order valence-electron chi connectivity index (χ0n) is 21.1. The van der Waals surface area contributed by atoms with Crippen LogP contribution in [0.3, 0.4) is 0 Å². The van der Waals surface area contributed by atoms with Crippen LogP contribution in [0.4, 0.5) is 22.8 Å². The Morgan fingerprint density at radius 1 is 1.14 bits per heavy atom. The zero-order chi connectivity index (χ0) is 26.6. The molecule has 0 aliphatic carbocycles. The summed E-state index contributed by atoms with van der Waals surface area (Å²) in [5.74, 6) is 0. The van der Waals surface area contributed by atoms with Crippen LogP contribution in [0.5, 0.6) is 0 Å². The molecule has 1 aliphatic rings. The van der Waals surface area contributed by atoms with Gasteiger partial charge in [-0.3, -0.25) is 0 Å². The van der Waals surface area contributed by atoms with E-state index in [4.69, 9.17) is 9.47 Å². The van der Waals surface area contributed by atoms with Gasteiger partial charge in [0.25, 0.3) is 0 Å². The van der Waals surface area contributed by atoms with Crippen molar-refractivity contribution in [1.29, 1.82) is 0 Å². The Morgan fingerprint density at radius 2 is 1.77 bits per heavy atom. The van der Waals surface area contributed by atoms with E-state index in [1.165, 1.54) is 12.0 Å². The van der Waals surface area contributed by atoms with E-state index in [0.29, 0.717) is 24.0 Å². The normalized spacial score (nSPS) is 20.8. The molecule has 3 atom stereocenters. The van der Waals surface area contributed by atoms with Crippen molar-refractivity contribution in [3.8, 4) is 0 Å². The van der Waals surface area contributed by atoms with Crippen LogP contribution in [0, 0.1) is 6.92 Å². The van der Waals surface area contributed by atoms with Crippen molar-refractivity contribution in [1.82, 2.24) is 9.80 Å². The summed E-state index contributed by atoms with van der Waals surface area (Å²) in [6.45, 7) is 8.61. The second-order valence-corrected chi connectivity index (χ2v) is 9.93. The number of hydrogen-bond acceptors (Lipinski definition) is 5. The van der Waals surface area contributed by atoms with E-state index in [0.717, 1.165) is 18.4 Å². The Balaban J connectivity index is 2.39. The van der Waals surface area contributed by atoms with Crippen molar-refractivity contribution < 1.29 is 37.0 Å². The number of benzene rings is 1. The summed E-state index contributed by atoms with van der Waals surface area (Å²) in [6.07, 6.45) is -3.79. The van der Waals surface area contributed by atoms with Crippen LogP contribution in [-0.2, 0) is 27.0 Å². The molecule has 0 bridgehead atoms. The highest BCUT2D eigenvalue weighted by Gasteiger charge is 2.42. The number of nitrogens with zero attached hydrogens (tertiary/aromatic N) is 2. The summed E-state index contributed by atoms with van der Waals surface area (Å²) < 4.78 is 50.6. The van der Waals surface area contributed by atoms with E-state index in [-0.39, 0.29) is 25.4 Å². The van der Waals surface area contributed by atoms with Gasteiger partial charge in [-0.1, -0.05) is 18.6 Å². The van der Waals surface area contributed by atoms with Crippen LogP contribution in [0.25, 0.3) is 0 Å². The topological polar surface area (TPSA) is 76.2 Å². The molecule has 0 unspecified atom stereocenters. The lowest BCUT2D eigenvalue weighted by molar-refractivity contribution is -0.137. The summed E-state index contributed by atoms with van der Waals surface area (Å²) in [5.41, 5.74) is -0.776. The number of carbonyl (C=O) groups excluding carboxylic acids is 3.